The molecule has 0 amide bonds. The minimum Gasteiger partial charge on any atom is -0.455 e. The number of rotatable bonds is 8. The SMILES string of the molecule is c1ccc(-c2cc(-c3ccc4c(c3)-c3ccccc3C4(c3ccccc3)c3ccccc3)c(-c3ccccc3)c(-c3nc(-c4ccccc4)nc(-c4cccc5c4oc4ccc6ccccc6c45)n3)c2)cc1. The smallest absolute Gasteiger partial charge is 0.167 e. The summed E-state index contributed by atoms with van der Waals surface area (Å²) in [6.07, 6.45) is 0. The summed E-state index contributed by atoms with van der Waals surface area (Å²) < 4.78 is 6.82. The van der Waals surface area contributed by atoms with Crippen molar-refractivity contribution in [1.29, 1.82) is 0 Å². The summed E-state index contributed by atoms with van der Waals surface area (Å²) in [5, 5.41) is 4.40. The Morgan fingerprint density at radius 1 is 0.306 bits per heavy atom. The summed E-state index contributed by atoms with van der Waals surface area (Å²) in [6, 6.07) is 93.1. The van der Waals surface area contributed by atoms with Crippen molar-refractivity contribution in [2.24, 2.45) is 0 Å². The molecule has 0 atom stereocenters. The van der Waals surface area contributed by atoms with Crippen molar-refractivity contribution in [2.45, 2.75) is 5.41 Å². The Balaban J connectivity index is 1.05. The van der Waals surface area contributed by atoms with Crippen molar-refractivity contribution < 1.29 is 4.42 Å². The average molecular weight is 918 g/mol. The quantitative estimate of drug-likeness (QED) is 0.152. The molecular weight excluding hydrogens is 875 g/mol. The van der Waals surface area contributed by atoms with Gasteiger partial charge in [0.2, 0.25) is 0 Å². The first-order valence-electron chi connectivity index (χ1n) is 24.5. The van der Waals surface area contributed by atoms with Crippen molar-refractivity contribution in [3.8, 4) is 78.7 Å². The van der Waals surface area contributed by atoms with Gasteiger partial charge in [-0.2, -0.15) is 0 Å². The number of furan rings is 1. The molecule has 0 N–H and O–H groups in total. The highest BCUT2D eigenvalue weighted by Gasteiger charge is 2.46. The fourth-order valence-corrected chi connectivity index (χ4v) is 11.5. The maximum Gasteiger partial charge on any atom is 0.167 e. The van der Waals surface area contributed by atoms with Gasteiger partial charge < -0.3 is 4.42 Å². The fraction of sp³-hybridized carbons (Fsp3) is 0.0147. The van der Waals surface area contributed by atoms with E-state index in [1.54, 1.807) is 0 Å². The topological polar surface area (TPSA) is 51.8 Å². The van der Waals surface area contributed by atoms with Crippen molar-refractivity contribution in [1.82, 2.24) is 15.0 Å². The normalized spacial score (nSPS) is 12.6. The third-order valence-electron chi connectivity index (χ3n) is 14.6. The number of benzene rings is 11. The van der Waals surface area contributed by atoms with Crippen molar-refractivity contribution >= 4 is 32.7 Å². The summed E-state index contributed by atoms with van der Waals surface area (Å²) >= 11 is 0. The lowest BCUT2D eigenvalue weighted by molar-refractivity contribution is 0.670. The Morgan fingerprint density at radius 2 is 0.833 bits per heavy atom. The number of hydrogen-bond donors (Lipinski definition) is 0. The second kappa shape index (κ2) is 16.9. The minimum atomic E-state index is -0.517. The van der Waals surface area contributed by atoms with Gasteiger partial charge in [-0.3, -0.25) is 0 Å². The first-order chi connectivity index (χ1) is 35.7. The van der Waals surface area contributed by atoms with Crippen LogP contribution in [0, 0.1) is 0 Å². The number of nitrogens with zero attached hydrogens (tertiary/aromatic N) is 3. The zero-order chi connectivity index (χ0) is 47.6. The van der Waals surface area contributed by atoms with Crippen LogP contribution in [-0.4, -0.2) is 15.0 Å². The van der Waals surface area contributed by atoms with Gasteiger partial charge in [0.1, 0.15) is 11.2 Å². The molecule has 4 heteroatoms. The third kappa shape index (κ3) is 6.57. The molecule has 1 aliphatic carbocycles. The zero-order valence-electron chi connectivity index (χ0n) is 39.1. The summed E-state index contributed by atoms with van der Waals surface area (Å²) in [4.78, 5) is 16.3. The highest BCUT2D eigenvalue weighted by atomic mass is 16.3. The van der Waals surface area contributed by atoms with E-state index in [1.165, 1.54) is 33.4 Å². The average Bonchev–Trinajstić information content (AvgIpc) is 4.00. The van der Waals surface area contributed by atoms with E-state index < -0.39 is 5.41 Å². The Morgan fingerprint density at radius 3 is 1.56 bits per heavy atom. The lowest BCUT2D eigenvalue weighted by atomic mass is 9.67. The van der Waals surface area contributed by atoms with Crippen LogP contribution in [0.1, 0.15) is 22.3 Å². The molecule has 1 aliphatic rings. The van der Waals surface area contributed by atoms with Gasteiger partial charge in [0.15, 0.2) is 17.5 Å². The van der Waals surface area contributed by atoms with Crippen molar-refractivity contribution in [3.05, 3.63) is 283 Å². The maximum absolute atomic E-state index is 6.82. The molecule has 0 aliphatic heterocycles. The molecule has 2 heterocycles. The molecule has 13 aromatic rings. The van der Waals surface area contributed by atoms with Crippen molar-refractivity contribution in [3.63, 3.8) is 0 Å². The summed E-state index contributed by atoms with van der Waals surface area (Å²) in [6.45, 7) is 0. The molecule has 336 valence electrons. The third-order valence-corrected chi connectivity index (χ3v) is 14.6. The highest BCUT2D eigenvalue weighted by molar-refractivity contribution is 6.20. The molecule has 0 fully saturated rings. The second-order valence-electron chi connectivity index (χ2n) is 18.6. The van der Waals surface area contributed by atoms with Gasteiger partial charge in [0.25, 0.3) is 0 Å². The summed E-state index contributed by atoms with van der Waals surface area (Å²) in [5.74, 6) is 1.67. The van der Waals surface area contributed by atoms with E-state index in [9.17, 15) is 0 Å². The van der Waals surface area contributed by atoms with Crippen LogP contribution in [0.25, 0.3) is 111 Å². The zero-order valence-corrected chi connectivity index (χ0v) is 39.1. The summed E-state index contributed by atoms with van der Waals surface area (Å²) in [7, 11) is 0. The molecule has 2 aromatic heterocycles. The van der Waals surface area contributed by atoms with Crippen LogP contribution in [0.2, 0.25) is 0 Å². The molecule has 0 bridgehead atoms. The Labute approximate surface area is 417 Å². The second-order valence-corrected chi connectivity index (χ2v) is 18.6. The summed E-state index contributed by atoms with van der Waals surface area (Å²) in [5.41, 5.74) is 17.5. The molecule has 0 saturated carbocycles. The predicted octanol–water partition coefficient (Wildman–Crippen LogP) is 17.3. The number of para-hydroxylation sites is 1. The van der Waals surface area contributed by atoms with E-state index in [0.717, 1.165) is 82.8 Å². The van der Waals surface area contributed by atoms with Gasteiger partial charge in [-0.1, -0.05) is 231 Å². The molecular formula is C68H43N3O. The van der Waals surface area contributed by atoms with Crippen LogP contribution in [0.5, 0.6) is 0 Å². The number of hydrogen-bond acceptors (Lipinski definition) is 4. The lowest BCUT2D eigenvalue weighted by Gasteiger charge is -2.34. The fourth-order valence-electron chi connectivity index (χ4n) is 11.5. The van der Waals surface area contributed by atoms with Gasteiger partial charge in [0, 0.05) is 27.5 Å². The minimum absolute atomic E-state index is 0.517. The molecule has 14 rings (SSSR count). The van der Waals surface area contributed by atoms with E-state index in [0.29, 0.717) is 17.5 Å². The molecule has 0 unspecified atom stereocenters. The van der Waals surface area contributed by atoms with Crippen LogP contribution in [-0.2, 0) is 5.41 Å². The Bertz CT molecular complexity index is 4150. The van der Waals surface area contributed by atoms with Gasteiger partial charge in [-0.15, -0.1) is 0 Å². The number of aromatic nitrogens is 3. The van der Waals surface area contributed by atoms with E-state index in [1.807, 2.05) is 18.2 Å². The van der Waals surface area contributed by atoms with E-state index in [2.05, 4.69) is 243 Å². The van der Waals surface area contributed by atoms with Gasteiger partial charge in [0.05, 0.1) is 11.0 Å². The van der Waals surface area contributed by atoms with Crippen LogP contribution >= 0.6 is 0 Å². The molecule has 0 saturated heterocycles. The highest BCUT2D eigenvalue weighted by Crippen LogP contribution is 2.57. The molecule has 0 radical (unpaired) electrons. The first-order valence-corrected chi connectivity index (χ1v) is 24.5. The Hall–Kier alpha value is -9.51. The molecule has 11 aromatic carbocycles. The molecule has 0 spiro atoms. The standard InChI is InChI=1S/C68H43N3O/c1-6-21-44(22-7-1)49-42-56(48-37-39-60-57(41-48)53-33-18-19-36-59(53)68(60,50-28-12-4-13-29-50)51-30-14-5-15-31-51)62(46-24-8-2-9-25-46)58(43-49)67-70-65(47-26-10-3-11-27-47)69-66(71-67)55-35-20-34-54-63-52-32-17-16-23-45(52)38-40-61(63)72-64(54)55/h1-43H. The molecule has 4 nitrogen and oxygen atoms in total. The van der Waals surface area contributed by atoms with Crippen LogP contribution < -0.4 is 0 Å². The predicted molar refractivity (Wildman–Crippen MR) is 295 cm³/mol. The van der Waals surface area contributed by atoms with Crippen LogP contribution in [0.15, 0.2) is 265 Å². The van der Waals surface area contributed by atoms with E-state index in [-0.39, 0.29) is 0 Å². The lowest BCUT2D eigenvalue weighted by Crippen LogP contribution is -2.28. The molecule has 72 heavy (non-hydrogen) atoms. The van der Waals surface area contributed by atoms with Crippen molar-refractivity contribution in [2.75, 3.05) is 0 Å². The first kappa shape index (κ1) is 41.5. The van der Waals surface area contributed by atoms with Crippen LogP contribution in [0.4, 0.5) is 0 Å². The van der Waals surface area contributed by atoms with Gasteiger partial charge in [-0.05, 0) is 102 Å². The Kier molecular flexibility index (Phi) is 9.71. The van der Waals surface area contributed by atoms with Crippen LogP contribution in [0.3, 0.4) is 0 Å². The van der Waals surface area contributed by atoms with Gasteiger partial charge in [-0.25, -0.2) is 15.0 Å². The number of fused-ring (bicyclic) bond motifs is 8. The van der Waals surface area contributed by atoms with Gasteiger partial charge >= 0.3 is 0 Å². The largest absolute Gasteiger partial charge is 0.455 e. The monoisotopic (exact) mass is 917 g/mol. The van der Waals surface area contributed by atoms with E-state index in [4.69, 9.17) is 19.4 Å². The maximum atomic E-state index is 6.82. The van der Waals surface area contributed by atoms with E-state index >= 15 is 0 Å².